The van der Waals surface area contributed by atoms with Gasteiger partial charge in [-0.25, -0.2) is 0 Å². The van der Waals surface area contributed by atoms with Crippen molar-refractivity contribution in [1.29, 1.82) is 0 Å². The minimum absolute atomic E-state index is 0.389. The van der Waals surface area contributed by atoms with Gasteiger partial charge in [-0.15, -0.1) is 0 Å². The van der Waals surface area contributed by atoms with Gasteiger partial charge in [0, 0.05) is 0 Å². The van der Waals surface area contributed by atoms with E-state index in [1.165, 1.54) is 0 Å². The van der Waals surface area contributed by atoms with Crippen LogP contribution in [0.5, 0.6) is 0 Å². The average Bonchev–Trinajstić information content (AvgIpc) is 1.56. The molecule has 0 spiro atoms. The van der Waals surface area contributed by atoms with E-state index in [9.17, 15) is 0 Å². The molecule has 0 N–H and O–H groups in total. The summed E-state index contributed by atoms with van der Waals surface area (Å²) in [6.07, 6.45) is 1.03. The van der Waals surface area contributed by atoms with E-state index >= 15 is 0 Å². The van der Waals surface area contributed by atoms with Gasteiger partial charge in [-0.1, -0.05) is 48.5 Å². The van der Waals surface area contributed by atoms with Crippen molar-refractivity contribution in [3.05, 3.63) is 6.92 Å². The van der Waals surface area contributed by atoms with Crippen molar-refractivity contribution in [2.45, 2.75) is 48.0 Å². The molecule has 67 valence electrons. The van der Waals surface area contributed by atoms with Gasteiger partial charge in [-0.3, -0.25) is 0 Å². The third kappa shape index (κ3) is 3.27. The fourth-order valence-corrected chi connectivity index (χ4v) is 2.17. The van der Waals surface area contributed by atoms with E-state index in [-0.39, 0.29) is 0 Å². The number of hydrogen-bond donors (Lipinski definition) is 0. The van der Waals surface area contributed by atoms with Crippen molar-refractivity contribution in [1.82, 2.24) is 0 Å². The summed E-state index contributed by atoms with van der Waals surface area (Å²) in [7, 11) is 0. The number of rotatable bonds is 1. The molecule has 0 aromatic carbocycles. The molecule has 0 aromatic heterocycles. The predicted octanol–water partition coefficient (Wildman–Crippen LogP) is 3.92. The molecule has 0 heterocycles. The van der Waals surface area contributed by atoms with Gasteiger partial charge in [0.05, 0.1) is 0 Å². The number of hydrogen-bond acceptors (Lipinski definition) is 0. The topological polar surface area (TPSA) is 0 Å². The molecule has 0 aliphatic heterocycles. The molecule has 0 nitrogen and oxygen atoms in total. The second-order valence-electron chi connectivity index (χ2n) is 5.57. The van der Waals surface area contributed by atoms with Gasteiger partial charge in [-0.05, 0) is 23.2 Å². The summed E-state index contributed by atoms with van der Waals surface area (Å²) in [5.41, 5.74) is 0.778. The third-order valence-electron chi connectivity index (χ3n) is 2.38. The lowest BCUT2D eigenvalue weighted by molar-refractivity contribution is 0.104. The van der Waals surface area contributed by atoms with Crippen LogP contribution in [-0.2, 0) is 0 Å². The molecule has 0 saturated heterocycles. The van der Waals surface area contributed by atoms with E-state index in [0.29, 0.717) is 16.7 Å². The summed E-state index contributed by atoms with van der Waals surface area (Å²) >= 11 is 0. The molecule has 0 amide bonds. The molecule has 0 aliphatic carbocycles. The van der Waals surface area contributed by atoms with Crippen LogP contribution in [0.2, 0.25) is 0 Å². The minimum atomic E-state index is 0.389. The van der Waals surface area contributed by atoms with Gasteiger partial charge in [0.1, 0.15) is 0 Å². The van der Waals surface area contributed by atoms with Gasteiger partial charge >= 0.3 is 0 Å². The Hall–Kier alpha value is 0. The van der Waals surface area contributed by atoms with Crippen molar-refractivity contribution < 1.29 is 0 Å². The monoisotopic (exact) mass is 155 g/mol. The fraction of sp³-hybridized carbons (Fsp3) is 0.909. The molecule has 0 fully saturated rings. The van der Waals surface area contributed by atoms with Crippen LogP contribution in [0.3, 0.4) is 0 Å². The Morgan fingerprint density at radius 1 is 0.909 bits per heavy atom. The lowest BCUT2D eigenvalue weighted by atomic mass is 9.65. The van der Waals surface area contributed by atoms with Crippen LogP contribution >= 0.6 is 0 Å². The molecule has 0 heteroatoms. The summed E-state index contributed by atoms with van der Waals surface area (Å²) in [5, 5.41) is 0. The van der Waals surface area contributed by atoms with E-state index in [4.69, 9.17) is 0 Å². The van der Waals surface area contributed by atoms with Crippen molar-refractivity contribution in [3.8, 4) is 0 Å². The SMILES string of the molecule is [CH2]CC(C(C)(C)C)C(C)(C)C. The maximum Gasteiger partial charge on any atom is -0.0317 e. The maximum atomic E-state index is 4.02. The molecule has 0 rings (SSSR count). The fourth-order valence-electron chi connectivity index (χ4n) is 2.17. The quantitative estimate of drug-likeness (QED) is 0.538. The summed E-state index contributed by atoms with van der Waals surface area (Å²) in [6, 6.07) is 0. The zero-order valence-electron chi connectivity index (χ0n) is 8.99. The Labute approximate surface area is 72.4 Å². The Morgan fingerprint density at radius 3 is 1.18 bits per heavy atom. The van der Waals surface area contributed by atoms with E-state index in [2.05, 4.69) is 48.5 Å². The summed E-state index contributed by atoms with van der Waals surface area (Å²) in [4.78, 5) is 0. The summed E-state index contributed by atoms with van der Waals surface area (Å²) < 4.78 is 0. The normalized spacial score (nSPS) is 14.2. The predicted molar refractivity (Wildman–Crippen MR) is 52.4 cm³/mol. The molecular formula is C11H23. The van der Waals surface area contributed by atoms with E-state index < -0.39 is 0 Å². The average molecular weight is 155 g/mol. The van der Waals surface area contributed by atoms with Crippen LogP contribution in [0.15, 0.2) is 0 Å². The lowest BCUT2D eigenvalue weighted by Gasteiger charge is -2.40. The van der Waals surface area contributed by atoms with Crippen LogP contribution in [0, 0.1) is 23.7 Å². The van der Waals surface area contributed by atoms with E-state index in [1.54, 1.807) is 0 Å². The largest absolute Gasteiger partial charge is 0.0599 e. The zero-order chi connectivity index (χ0) is 9.28. The molecule has 0 unspecified atom stereocenters. The van der Waals surface area contributed by atoms with Gasteiger partial charge < -0.3 is 0 Å². The molecule has 0 bridgehead atoms. The van der Waals surface area contributed by atoms with Gasteiger partial charge in [-0.2, -0.15) is 0 Å². The molecule has 0 aliphatic rings. The van der Waals surface area contributed by atoms with Crippen molar-refractivity contribution in [2.75, 3.05) is 0 Å². The molecular weight excluding hydrogens is 132 g/mol. The van der Waals surface area contributed by atoms with E-state index in [1.807, 2.05) is 0 Å². The second kappa shape index (κ2) is 3.16. The van der Waals surface area contributed by atoms with Crippen molar-refractivity contribution >= 4 is 0 Å². The summed E-state index contributed by atoms with van der Waals surface area (Å²) in [5.74, 6) is 0.704. The first-order valence-electron chi connectivity index (χ1n) is 4.49. The van der Waals surface area contributed by atoms with Gasteiger partial charge in [0.25, 0.3) is 0 Å². The summed E-state index contributed by atoms with van der Waals surface area (Å²) in [6.45, 7) is 17.8. The van der Waals surface area contributed by atoms with Crippen LogP contribution in [0.1, 0.15) is 48.0 Å². The molecule has 1 radical (unpaired) electrons. The van der Waals surface area contributed by atoms with Crippen LogP contribution in [-0.4, -0.2) is 0 Å². The lowest BCUT2D eigenvalue weighted by Crippen LogP contribution is -2.31. The molecule has 0 aromatic rings. The molecule has 11 heavy (non-hydrogen) atoms. The zero-order valence-corrected chi connectivity index (χ0v) is 8.99. The molecule has 0 atom stereocenters. The highest BCUT2D eigenvalue weighted by atomic mass is 14.4. The highest BCUT2D eigenvalue weighted by Gasteiger charge is 2.32. The Kier molecular flexibility index (Phi) is 3.16. The van der Waals surface area contributed by atoms with Crippen LogP contribution < -0.4 is 0 Å². The minimum Gasteiger partial charge on any atom is -0.0599 e. The Bertz CT molecular complexity index is 95.0. The molecule has 0 saturated carbocycles. The highest BCUT2D eigenvalue weighted by molar-refractivity contribution is 4.84. The first-order valence-corrected chi connectivity index (χ1v) is 4.49. The third-order valence-corrected chi connectivity index (χ3v) is 2.38. The first kappa shape index (κ1) is 11.0. The Balaban J connectivity index is 4.43. The second-order valence-corrected chi connectivity index (χ2v) is 5.57. The van der Waals surface area contributed by atoms with Gasteiger partial charge in [0.15, 0.2) is 0 Å². The maximum absolute atomic E-state index is 4.02. The van der Waals surface area contributed by atoms with Crippen molar-refractivity contribution in [2.24, 2.45) is 16.7 Å². The van der Waals surface area contributed by atoms with Crippen LogP contribution in [0.25, 0.3) is 0 Å². The van der Waals surface area contributed by atoms with Gasteiger partial charge in [0.2, 0.25) is 0 Å². The van der Waals surface area contributed by atoms with Crippen LogP contribution in [0.4, 0.5) is 0 Å². The van der Waals surface area contributed by atoms with Crippen molar-refractivity contribution in [3.63, 3.8) is 0 Å². The standard InChI is InChI=1S/C11H23/c1-8-9(10(2,3)4)11(5,6)7/h9H,1,8H2,2-7H3. The van der Waals surface area contributed by atoms with E-state index in [0.717, 1.165) is 6.42 Å². The Morgan fingerprint density at radius 2 is 1.18 bits per heavy atom. The smallest absolute Gasteiger partial charge is 0.0317 e. The highest BCUT2D eigenvalue weighted by Crippen LogP contribution is 2.41. The first-order chi connectivity index (χ1) is 4.69.